The lowest BCUT2D eigenvalue weighted by Gasteiger charge is -2.27. The van der Waals surface area contributed by atoms with Crippen molar-refractivity contribution < 1.29 is 18.0 Å². The molecule has 2 fully saturated rings. The second-order valence-electron chi connectivity index (χ2n) is 5.61. The quantitative estimate of drug-likeness (QED) is 0.908. The summed E-state index contributed by atoms with van der Waals surface area (Å²) < 4.78 is 39.0. The SMILES string of the molecule is O=C([C@@H]1C[C@H]1c1ccccc1C(F)(F)F)N1CCNCC1. The Hall–Kier alpha value is -1.56. The molecule has 1 aromatic carbocycles. The third-order valence-electron chi connectivity index (χ3n) is 4.20. The molecule has 1 saturated heterocycles. The molecule has 21 heavy (non-hydrogen) atoms. The number of rotatable bonds is 2. The average molecular weight is 298 g/mol. The van der Waals surface area contributed by atoms with Crippen molar-refractivity contribution in [3.05, 3.63) is 35.4 Å². The number of nitrogens with one attached hydrogen (secondary N) is 1. The highest BCUT2D eigenvalue weighted by Crippen LogP contribution is 2.51. The van der Waals surface area contributed by atoms with Crippen LogP contribution in [0.4, 0.5) is 13.2 Å². The zero-order chi connectivity index (χ0) is 15.0. The van der Waals surface area contributed by atoms with Gasteiger partial charge in [0.25, 0.3) is 0 Å². The van der Waals surface area contributed by atoms with Crippen molar-refractivity contribution in [2.75, 3.05) is 26.2 Å². The molecule has 3 nitrogen and oxygen atoms in total. The first-order chi connectivity index (χ1) is 9.98. The van der Waals surface area contributed by atoms with Crippen LogP contribution in [-0.4, -0.2) is 37.0 Å². The molecule has 1 aliphatic carbocycles. The maximum atomic E-state index is 13.0. The predicted molar refractivity (Wildman–Crippen MR) is 71.7 cm³/mol. The summed E-state index contributed by atoms with van der Waals surface area (Å²) in [5.74, 6) is -0.574. The number of carbonyl (C=O) groups excluding carboxylic acids is 1. The molecule has 1 N–H and O–H groups in total. The van der Waals surface area contributed by atoms with Gasteiger partial charge in [0.15, 0.2) is 0 Å². The Labute approximate surface area is 121 Å². The van der Waals surface area contributed by atoms with Crippen molar-refractivity contribution in [1.29, 1.82) is 0 Å². The van der Waals surface area contributed by atoms with E-state index in [0.717, 1.165) is 19.2 Å². The monoisotopic (exact) mass is 298 g/mol. The van der Waals surface area contributed by atoms with Gasteiger partial charge in [0.1, 0.15) is 0 Å². The number of hydrogen-bond donors (Lipinski definition) is 1. The number of carbonyl (C=O) groups is 1. The van der Waals surface area contributed by atoms with Crippen LogP contribution in [0.25, 0.3) is 0 Å². The molecule has 1 aromatic rings. The Morgan fingerprint density at radius 3 is 2.52 bits per heavy atom. The van der Waals surface area contributed by atoms with Crippen molar-refractivity contribution in [1.82, 2.24) is 10.2 Å². The van der Waals surface area contributed by atoms with E-state index in [4.69, 9.17) is 0 Å². The molecule has 3 rings (SSSR count). The van der Waals surface area contributed by atoms with Crippen LogP contribution in [-0.2, 0) is 11.0 Å². The number of alkyl halides is 3. The van der Waals surface area contributed by atoms with Crippen molar-refractivity contribution in [2.45, 2.75) is 18.5 Å². The zero-order valence-electron chi connectivity index (χ0n) is 11.5. The standard InChI is InChI=1S/C15H17F3N2O/c16-15(17,18)13-4-2-1-3-10(13)11-9-12(11)14(21)20-7-5-19-6-8-20/h1-4,11-12,19H,5-9H2/t11-,12+/m0/s1. The lowest BCUT2D eigenvalue weighted by Crippen LogP contribution is -2.47. The Kier molecular flexibility index (Phi) is 3.65. The summed E-state index contributed by atoms with van der Waals surface area (Å²) in [7, 11) is 0. The van der Waals surface area contributed by atoms with Gasteiger partial charge in [-0.15, -0.1) is 0 Å². The molecule has 0 aromatic heterocycles. The molecule has 1 amide bonds. The smallest absolute Gasteiger partial charge is 0.340 e. The summed E-state index contributed by atoms with van der Waals surface area (Å²) in [5.41, 5.74) is -0.343. The summed E-state index contributed by atoms with van der Waals surface area (Å²) in [4.78, 5) is 14.1. The van der Waals surface area contributed by atoms with E-state index in [1.165, 1.54) is 12.1 Å². The Morgan fingerprint density at radius 1 is 1.19 bits per heavy atom. The van der Waals surface area contributed by atoms with Crippen LogP contribution in [0.5, 0.6) is 0 Å². The zero-order valence-corrected chi connectivity index (χ0v) is 11.5. The second-order valence-corrected chi connectivity index (χ2v) is 5.61. The van der Waals surface area contributed by atoms with Crippen LogP contribution < -0.4 is 5.32 Å². The number of amides is 1. The van der Waals surface area contributed by atoms with Gasteiger partial charge in [-0.1, -0.05) is 18.2 Å². The molecule has 0 spiro atoms. The minimum Gasteiger partial charge on any atom is -0.340 e. The molecule has 1 saturated carbocycles. The van der Waals surface area contributed by atoms with Crippen LogP contribution in [0.15, 0.2) is 24.3 Å². The number of hydrogen-bond acceptors (Lipinski definition) is 2. The molecular weight excluding hydrogens is 281 g/mol. The molecule has 114 valence electrons. The van der Waals surface area contributed by atoms with Crippen molar-refractivity contribution in [2.24, 2.45) is 5.92 Å². The van der Waals surface area contributed by atoms with Crippen LogP contribution in [0.3, 0.4) is 0 Å². The average Bonchev–Trinajstić information content (AvgIpc) is 3.27. The summed E-state index contributed by atoms with van der Waals surface area (Å²) in [6.45, 7) is 2.79. The van der Waals surface area contributed by atoms with E-state index >= 15 is 0 Å². The van der Waals surface area contributed by atoms with E-state index in [0.29, 0.717) is 19.5 Å². The van der Waals surface area contributed by atoms with Gasteiger partial charge >= 0.3 is 6.18 Å². The first-order valence-corrected chi connectivity index (χ1v) is 7.14. The molecule has 6 heteroatoms. The lowest BCUT2D eigenvalue weighted by molar-refractivity contribution is -0.138. The maximum Gasteiger partial charge on any atom is 0.416 e. The normalized spacial score (nSPS) is 25.8. The second kappa shape index (κ2) is 5.33. The van der Waals surface area contributed by atoms with Gasteiger partial charge < -0.3 is 10.2 Å². The summed E-state index contributed by atoms with van der Waals surface area (Å²) in [5, 5.41) is 3.16. The molecule has 2 atom stereocenters. The van der Waals surface area contributed by atoms with Crippen molar-refractivity contribution in [3.8, 4) is 0 Å². The van der Waals surface area contributed by atoms with E-state index in [2.05, 4.69) is 5.32 Å². The third kappa shape index (κ3) is 2.90. The van der Waals surface area contributed by atoms with Gasteiger partial charge in [-0.05, 0) is 24.0 Å². The van der Waals surface area contributed by atoms with Crippen molar-refractivity contribution >= 4 is 5.91 Å². The minimum absolute atomic E-state index is 0.00141. The Morgan fingerprint density at radius 2 is 1.86 bits per heavy atom. The number of piperazine rings is 1. The molecule has 0 radical (unpaired) electrons. The van der Waals surface area contributed by atoms with E-state index < -0.39 is 11.7 Å². The fourth-order valence-corrected chi connectivity index (χ4v) is 3.01. The predicted octanol–water partition coefficient (Wildman–Crippen LogP) is 2.24. The molecule has 0 unspecified atom stereocenters. The fraction of sp³-hybridized carbons (Fsp3) is 0.533. The highest BCUT2D eigenvalue weighted by Gasteiger charge is 2.49. The summed E-state index contributed by atoms with van der Waals surface area (Å²) in [6, 6.07) is 5.59. The van der Waals surface area contributed by atoms with Gasteiger partial charge in [-0.2, -0.15) is 13.2 Å². The third-order valence-corrected chi connectivity index (χ3v) is 4.20. The van der Waals surface area contributed by atoms with Gasteiger partial charge in [-0.25, -0.2) is 0 Å². The van der Waals surface area contributed by atoms with Gasteiger partial charge in [-0.3, -0.25) is 4.79 Å². The largest absolute Gasteiger partial charge is 0.416 e. The molecule has 1 heterocycles. The first kappa shape index (κ1) is 14.4. The van der Waals surface area contributed by atoms with E-state index in [1.54, 1.807) is 11.0 Å². The van der Waals surface area contributed by atoms with Crippen LogP contribution in [0.1, 0.15) is 23.5 Å². The lowest BCUT2D eigenvalue weighted by atomic mass is 10.0. The van der Waals surface area contributed by atoms with Gasteiger partial charge in [0.05, 0.1) is 5.56 Å². The van der Waals surface area contributed by atoms with E-state index in [1.807, 2.05) is 0 Å². The molecule has 2 aliphatic rings. The number of nitrogens with zero attached hydrogens (tertiary/aromatic N) is 1. The fourth-order valence-electron chi connectivity index (χ4n) is 3.01. The van der Waals surface area contributed by atoms with Crippen LogP contribution >= 0.6 is 0 Å². The van der Waals surface area contributed by atoms with Crippen LogP contribution in [0.2, 0.25) is 0 Å². The van der Waals surface area contributed by atoms with Gasteiger partial charge in [0.2, 0.25) is 5.91 Å². The van der Waals surface area contributed by atoms with E-state index in [9.17, 15) is 18.0 Å². The summed E-state index contributed by atoms with van der Waals surface area (Å²) >= 11 is 0. The molecule has 1 aliphatic heterocycles. The first-order valence-electron chi connectivity index (χ1n) is 7.14. The summed E-state index contributed by atoms with van der Waals surface area (Å²) in [6.07, 6.45) is -3.84. The van der Waals surface area contributed by atoms with Gasteiger partial charge in [0, 0.05) is 32.1 Å². The van der Waals surface area contributed by atoms with Crippen molar-refractivity contribution in [3.63, 3.8) is 0 Å². The molecule has 0 bridgehead atoms. The maximum absolute atomic E-state index is 13.0. The Bertz CT molecular complexity index is 538. The topological polar surface area (TPSA) is 32.3 Å². The minimum atomic E-state index is -4.36. The highest BCUT2D eigenvalue weighted by atomic mass is 19.4. The van der Waals surface area contributed by atoms with E-state index in [-0.39, 0.29) is 23.3 Å². The highest BCUT2D eigenvalue weighted by molar-refractivity contribution is 5.83. The number of benzene rings is 1. The van der Waals surface area contributed by atoms with Crippen LogP contribution in [0, 0.1) is 5.92 Å². The number of halogens is 3. The molecular formula is C15H17F3N2O. The Balaban J connectivity index is 1.74.